The van der Waals surface area contributed by atoms with E-state index in [0.29, 0.717) is 45.8 Å². The van der Waals surface area contributed by atoms with Crippen molar-refractivity contribution in [3.05, 3.63) is 137 Å². The lowest BCUT2D eigenvalue weighted by atomic mass is 10.1. The SMILES string of the molecule is CCc1ccc(Nc2c(-c3nnc(NCCN4CCOCC4)o3)ccc(F)c2F)c(F)c1.CCc1ccc(Nc2c(-c3nnc(NCCOc4ccccc4)o3)ccc(F)c2F)c(F)c1. The van der Waals surface area contributed by atoms with Crippen molar-refractivity contribution in [1.29, 1.82) is 0 Å². The third kappa shape index (κ3) is 11.9. The van der Waals surface area contributed by atoms with E-state index in [-0.39, 0.29) is 57.7 Å². The Morgan fingerprint density at radius 3 is 1.58 bits per heavy atom. The van der Waals surface area contributed by atoms with E-state index in [1.54, 1.807) is 12.1 Å². The van der Waals surface area contributed by atoms with E-state index >= 15 is 0 Å². The average Bonchev–Trinajstić information content (AvgIpc) is 4.01. The Bertz CT molecular complexity index is 2660. The van der Waals surface area contributed by atoms with E-state index in [1.807, 2.05) is 44.2 Å². The number of rotatable bonds is 17. The topological polar surface area (TPSA) is 148 Å². The molecule has 3 heterocycles. The zero-order valence-corrected chi connectivity index (χ0v) is 35.4. The van der Waals surface area contributed by atoms with Crippen LogP contribution in [0.5, 0.6) is 5.75 Å². The van der Waals surface area contributed by atoms with Gasteiger partial charge in [-0.2, -0.15) is 0 Å². The number of aryl methyl sites for hydroxylation is 2. The predicted molar refractivity (Wildman–Crippen MR) is 234 cm³/mol. The fourth-order valence-corrected chi connectivity index (χ4v) is 6.53. The van der Waals surface area contributed by atoms with E-state index in [1.165, 1.54) is 36.4 Å². The molecule has 0 saturated carbocycles. The van der Waals surface area contributed by atoms with Crippen LogP contribution in [0.15, 0.2) is 99.8 Å². The van der Waals surface area contributed by atoms with Crippen LogP contribution < -0.4 is 26.0 Å². The van der Waals surface area contributed by atoms with E-state index in [2.05, 4.69) is 46.6 Å². The normalized spacial score (nSPS) is 12.6. The average molecular weight is 902 g/mol. The molecule has 0 aliphatic carbocycles. The highest BCUT2D eigenvalue weighted by Gasteiger charge is 2.23. The first-order valence-electron chi connectivity index (χ1n) is 20.8. The van der Waals surface area contributed by atoms with Gasteiger partial charge < -0.3 is 39.6 Å². The number of hydrogen-bond donors (Lipinski definition) is 4. The van der Waals surface area contributed by atoms with Gasteiger partial charge in [-0.15, -0.1) is 10.2 Å². The molecule has 340 valence electrons. The molecule has 1 saturated heterocycles. The third-order valence-corrected chi connectivity index (χ3v) is 10.1. The summed E-state index contributed by atoms with van der Waals surface area (Å²) in [4.78, 5) is 2.24. The number of hydrogen-bond acceptors (Lipinski definition) is 13. The van der Waals surface area contributed by atoms with Gasteiger partial charge in [0.15, 0.2) is 23.3 Å². The van der Waals surface area contributed by atoms with E-state index in [4.69, 9.17) is 18.3 Å². The molecule has 0 spiro atoms. The molecule has 0 unspecified atom stereocenters. The Balaban J connectivity index is 0.000000194. The van der Waals surface area contributed by atoms with E-state index in [9.17, 15) is 26.3 Å². The van der Waals surface area contributed by atoms with Crippen molar-refractivity contribution in [2.24, 2.45) is 0 Å². The molecule has 1 fully saturated rings. The van der Waals surface area contributed by atoms with Gasteiger partial charge in [0.1, 0.15) is 24.0 Å². The Morgan fingerprint density at radius 2 is 1.09 bits per heavy atom. The van der Waals surface area contributed by atoms with Gasteiger partial charge in [-0.05, 0) is 84.6 Å². The number of para-hydroxylation sites is 1. The number of nitrogens with zero attached hydrogens (tertiary/aromatic N) is 5. The minimum Gasteiger partial charge on any atom is -0.492 e. The molecule has 1 aliphatic rings. The summed E-state index contributed by atoms with van der Waals surface area (Å²) in [5.74, 6) is -5.04. The Morgan fingerprint density at radius 1 is 0.585 bits per heavy atom. The van der Waals surface area contributed by atoms with E-state index < -0.39 is 34.9 Å². The summed E-state index contributed by atoms with van der Waals surface area (Å²) in [6, 6.07) is 23.1. The maximum absolute atomic E-state index is 14.6. The molecule has 0 bridgehead atoms. The second-order valence-corrected chi connectivity index (χ2v) is 14.4. The predicted octanol–water partition coefficient (Wildman–Crippen LogP) is 10.2. The maximum atomic E-state index is 14.6. The lowest BCUT2D eigenvalue weighted by Crippen LogP contribution is -2.39. The minimum atomic E-state index is -1.18. The summed E-state index contributed by atoms with van der Waals surface area (Å²) in [5, 5.41) is 26.8. The first-order chi connectivity index (χ1) is 31.6. The summed E-state index contributed by atoms with van der Waals surface area (Å²) < 4.78 is 108. The van der Waals surface area contributed by atoms with Crippen LogP contribution in [0.25, 0.3) is 22.9 Å². The summed E-state index contributed by atoms with van der Waals surface area (Å²) in [7, 11) is 0. The number of halogens is 6. The first kappa shape index (κ1) is 45.9. The van der Waals surface area contributed by atoms with Gasteiger partial charge in [-0.1, -0.05) is 54.4 Å². The monoisotopic (exact) mass is 901 g/mol. The molecular formula is C46H45F6N9O4. The highest BCUT2D eigenvalue weighted by atomic mass is 19.2. The molecule has 13 nitrogen and oxygen atoms in total. The second-order valence-electron chi connectivity index (χ2n) is 14.4. The minimum absolute atomic E-state index is 0.00567. The lowest BCUT2D eigenvalue weighted by molar-refractivity contribution is 0.0398. The van der Waals surface area contributed by atoms with Crippen molar-refractivity contribution in [2.45, 2.75) is 26.7 Å². The molecule has 5 aromatic carbocycles. The van der Waals surface area contributed by atoms with Crippen LogP contribution in [-0.2, 0) is 17.6 Å². The zero-order chi connectivity index (χ0) is 45.7. The molecule has 0 atom stereocenters. The van der Waals surface area contributed by atoms with Crippen LogP contribution in [0, 0.1) is 34.9 Å². The van der Waals surface area contributed by atoms with Crippen LogP contribution in [0.3, 0.4) is 0 Å². The molecule has 2 aromatic heterocycles. The molecule has 0 radical (unpaired) electrons. The van der Waals surface area contributed by atoms with Crippen molar-refractivity contribution in [2.75, 3.05) is 73.8 Å². The van der Waals surface area contributed by atoms with Gasteiger partial charge in [0, 0.05) is 26.2 Å². The first-order valence-corrected chi connectivity index (χ1v) is 20.8. The smallest absolute Gasteiger partial charge is 0.315 e. The number of anilines is 6. The molecule has 7 aromatic rings. The van der Waals surface area contributed by atoms with Gasteiger partial charge in [-0.3, -0.25) is 4.90 Å². The van der Waals surface area contributed by atoms with Gasteiger partial charge in [0.05, 0.1) is 53.6 Å². The van der Waals surface area contributed by atoms with Gasteiger partial charge >= 0.3 is 12.0 Å². The number of benzene rings is 5. The quantitative estimate of drug-likeness (QED) is 0.0508. The fraction of sp³-hybridized carbons (Fsp3) is 0.261. The van der Waals surface area contributed by atoms with Gasteiger partial charge in [0.2, 0.25) is 0 Å². The highest BCUT2D eigenvalue weighted by molar-refractivity contribution is 5.79. The number of aromatic nitrogens is 4. The summed E-state index contributed by atoms with van der Waals surface area (Å²) in [6.45, 7) is 8.96. The highest BCUT2D eigenvalue weighted by Crippen LogP contribution is 2.36. The molecule has 0 amide bonds. The van der Waals surface area contributed by atoms with Crippen LogP contribution in [0.4, 0.5) is 61.1 Å². The molecule has 1 aliphatic heterocycles. The number of ether oxygens (including phenoxy) is 2. The summed E-state index contributed by atoms with van der Waals surface area (Å²) in [5.41, 5.74) is 1.20. The van der Waals surface area contributed by atoms with Crippen molar-refractivity contribution >= 4 is 34.8 Å². The van der Waals surface area contributed by atoms with Crippen LogP contribution in [0.2, 0.25) is 0 Å². The second kappa shape index (κ2) is 22.0. The van der Waals surface area contributed by atoms with Crippen molar-refractivity contribution in [3.8, 4) is 28.7 Å². The Hall–Kier alpha value is -7.12. The third-order valence-electron chi connectivity index (χ3n) is 10.1. The zero-order valence-electron chi connectivity index (χ0n) is 35.4. The Labute approximate surface area is 370 Å². The fourth-order valence-electron chi connectivity index (χ4n) is 6.53. The van der Waals surface area contributed by atoms with Crippen molar-refractivity contribution < 1.29 is 44.7 Å². The molecular weight excluding hydrogens is 857 g/mol. The van der Waals surface area contributed by atoms with Gasteiger partial charge in [-0.25, -0.2) is 26.3 Å². The largest absolute Gasteiger partial charge is 0.492 e. The molecule has 65 heavy (non-hydrogen) atoms. The Kier molecular flexibility index (Phi) is 15.5. The van der Waals surface area contributed by atoms with Crippen molar-refractivity contribution in [3.63, 3.8) is 0 Å². The number of nitrogens with one attached hydrogen (secondary N) is 4. The van der Waals surface area contributed by atoms with Crippen LogP contribution in [-0.4, -0.2) is 77.8 Å². The van der Waals surface area contributed by atoms with Crippen molar-refractivity contribution in [1.82, 2.24) is 25.3 Å². The summed E-state index contributed by atoms with van der Waals surface area (Å²) in [6.07, 6.45) is 1.30. The van der Waals surface area contributed by atoms with Gasteiger partial charge in [0.25, 0.3) is 11.8 Å². The standard InChI is InChI=1S/C24H21F3N4O2.C22H24F3N5O2/c1-2-15-8-11-20(19(26)14-15)29-22-17(9-10-18(25)21(22)27)23-30-31-24(33-23)28-12-13-32-16-6-4-3-5-7-16;1-2-14-3-6-18(17(24)13-14)27-20-15(4-5-16(23)19(20)25)21-28-29-22(32-21)26-7-8-30-9-11-31-12-10-30/h3-11,14,29H,2,12-13H2,1H3,(H,28,31);3-6,13,27H,2,7-12H2,1H3,(H,26,29). The van der Waals surface area contributed by atoms with Crippen LogP contribution >= 0.6 is 0 Å². The molecule has 4 N–H and O–H groups in total. The summed E-state index contributed by atoms with van der Waals surface area (Å²) >= 11 is 0. The molecule has 19 heteroatoms. The number of morpholine rings is 1. The van der Waals surface area contributed by atoms with Crippen LogP contribution in [0.1, 0.15) is 25.0 Å². The lowest BCUT2D eigenvalue weighted by Gasteiger charge is -2.26. The maximum Gasteiger partial charge on any atom is 0.315 e. The molecule has 8 rings (SSSR count). The van der Waals surface area contributed by atoms with E-state index in [0.717, 1.165) is 48.6 Å².